The number of para-hydroxylation sites is 1. The van der Waals surface area contributed by atoms with Crippen LogP contribution in [0.1, 0.15) is 20.8 Å². The molecule has 1 aromatic carbocycles. The van der Waals surface area contributed by atoms with E-state index in [2.05, 4.69) is 50.4 Å². The third-order valence-corrected chi connectivity index (χ3v) is 4.41. The van der Waals surface area contributed by atoms with E-state index in [-0.39, 0.29) is 0 Å². The monoisotopic (exact) mass is 225 g/mol. The van der Waals surface area contributed by atoms with Crippen molar-refractivity contribution in [1.29, 1.82) is 0 Å². The van der Waals surface area contributed by atoms with E-state index < -0.39 is 0 Å². The normalized spacial score (nSPS) is 20.4. The Balaban J connectivity index is 2.05. The molecule has 0 saturated heterocycles. The number of fused-ring (bicyclic) bond motifs is 1. The minimum absolute atomic E-state index is 0.312. The van der Waals surface area contributed by atoms with Crippen LogP contribution in [-0.4, -0.2) is 9.45 Å². The number of nitrogens with one attached hydrogen (secondary N) is 1. The first-order chi connectivity index (χ1) is 6.54. The van der Waals surface area contributed by atoms with Crippen molar-refractivity contribution < 1.29 is 0 Å². The Labute approximate surface area is 94.0 Å². The second-order valence-corrected chi connectivity index (χ2v) is 7.70. The SMILES string of the molecule is CC(C)(C)SC1Nc2ccccc2S1. The largest absolute Gasteiger partial charge is 0.364 e. The lowest BCUT2D eigenvalue weighted by atomic mass is 10.3. The highest BCUT2D eigenvalue weighted by atomic mass is 32.2. The predicted octanol–water partition coefficient (Wildman–Crippen LogP) is 4.02. The van der Waals surface area contributed by atoms with Crippen molar-refractivity contribution in [3.8, 4) is 0 Å². The van der Waals surface area contributed by atoms with Crippen LogP contribution in [0.4, 0.5) is 5.69 Å². The summed E-state index contributed by atoms with van der Waals surface area (Å²) in [6.07, 6.45) is 0. The van der Waals surface area contributed by atoms with Crippen LogP contribution >= 0.6 is 23.5 Å². The zero-order valence-electron chi connectivity index (χ0n) is 8.70. The molecule has 1 N–H and O–H groups in total. The fourth-order valence-electron chi connectivity index (χ4n) is 1.34. The fraction of sp³-hybridized carbons (Fsp3) is 0.455. The Bertz CT molecular complexity index is 305. The van der Waals surface area contributed by atoms with Gasteiger partial charge in [0.25, 0.3) is 0 Å². The van der Waals surface area contributed by atoms with Crippen molar-refractivity contribution in [3.05, 3.63) is 24.3 Å². The number of thioether (sulfide) groups is 2. The number of anilines is 1. The van der Waals surface area contributed by atoms with E-state index in [4.69, 9.17) is 0 Å². The van der Waals surface area contributed by atoms with Crippen molar-refractivity contribution in [1.82, 2.24) is 0 Å². The lowest BCUT2D eigenvalue weighted by molar-refractivity contribution is 0.802. The molecular formula is C11H15NS2. The van der Waals surface area contributed by atoms with Crippen LogP contribution < -0.4 is 5.32 Å². The van der Waals surface area contributed by atoms with Gasteiger partial charge in [0.2, 0.25) is 0 Å². The van der Waals surface area contributed by atoms with Crippen molar-refractivity contribution in [2.45, 2.75) is 35.1 Å². The van der Waals surface area contributed by atoms with Crippen LogP contribution in [-0.2, 0) is 0 Å². The molecule has 14 heavy (non-hydrogen) atoms. The maximum absolute atomic E-state index is 3.52. The van der Waals surface area contributed by atoms with Gasteiger partial charge in [0.15, 0.2) is 0 Å². The summed E-state index contributed by atoms with van der Waals surface area (Å²) in [6, 6.07) is 8.50. The highest BCUT2D eigenvalue weighted by Crippen LogP contribution is 2.45. The van der Waals surface area contributed by atoms with E-state index in [1.54, 1.807) is 0 Å². The summed E-state index contributed by atoms with van der Waals surface area (Å²) in [5.74, 6) is 0. The quantitative estimate of drug-likeness (QED) is 0.775. The topological polar surface area (TPSA) is 12.0 Å². The van der Waals surface area contributed by atoms with Gasteiger partial charge in [-0.25, -0.2) is 0 Å². The van der Waals surface area contributed by atoms with E-state index in [1.165, 1.54) is 10.6 Å². The lowest BCUT2D eigenvalue weighted by Crippen LogP contribution is -2.16. The molecule has 76 valence electrons. The van der Waals surface area contributed by atoms with E-state index >= 15 is 0 Å². The Morgan fingerprint density at radius 2 is 2.00 bits per heavy atom. The first-order valence-corrected chi connectivity index (χ1v) is 6.50. The molecule has 1 unspecified atom stereocenters. The molecular weight excluding hydrogens is 210 g/mol. The Kier molecular flexibility index (Phi) is 2.71. The molecule has 1 nitrogen and oxygen atoms in total. The molecule has 1 aromatic rings. The highest BCUT2D eigenvalue weighted by molar-refractivity contribution is 8.18. The Morgan fingerprint density at radius 3 is 2.64 bits per heavy atom. The number of rotatable bonds is 1. The van der Waals surface area contributed by atoms with Crippen LogP contribution in [0.15, 0.2) is 29.2 Å². The van der Waals surface area contributed by atoms with Gasteiger partial charge in [-0.15, -0.1) is 11.8 Å². The summed E-state index contributed by atoms with van der Waals surface area (Å²) >= 11 is 3.89. The van der Waals surface area contributed by atoms with Gasteiger partial charge in [-0.1, -0.05) is 44.7 Å². The molecule has 0 amide bonds. The molecule has 0 aliphatic carbocycles. The van der Waals surface area contributed by atoms with Crippen molar-refractivity contribution in [2.75, 3.05) is 5.32 Å². The summed E-state index contributed by atoms with van der Waals surface area (Å²) in [4.78, 5) is 1.37. The Hall–Kier alpha value is -0.280. The van der Waals surface area contributed by atoms with Gasteiger partial charge < -0.3 is 5.32 Å². The van der Waals surface area contributed by atoms with E-state index in [9.17, 15) is 0 Å². The predicted molar refractivity (Wildman–Crippen MR) is 67.1 cm³/mol. The zero-order chi connectivity index (χ0) is 10.2. The highest BCUT2D eigenvalue weighted by Gasteiger charge is 2.25. The minimum Gasteiger partial charge on any atom is -0.364 e. The number of hydrogen-bond donors (Lipinski definition) is 1. The number of hydrogen-bond acceptors (Lipinski definition) is 3. The van der Waals surface area contributed by atoms with Gasteiger partial charge in [-0.3, -0.25) is 0 Å². The van der Waals surface area contributed by atoms with Crippen LogP contribution in [0.25, 0.3) is 0 Å². The maximum atomic E-state index is 3.52. The molecule has 0 saturated carbocycles. The zero-order valence-corrected chi connectivity index (χ0v) is 10.3. The average Bonchev–Trinajstić information content (AvgIpc) is 2.42. The summed E-state index contributed by atoms with van der Waals surface area (Å²) in [5.41, 5.74) is 1.28. The van der Waals surface area contributed by atoms with E-state index in [0.29, 0.717) is 9.45 Å². The molecule has 1 aliphatic heterocycles. The van der Waals surface area contributed by atoms with Crippen LogP contribution in [0.3, 0.4) is 0 Å². The maximum Gasteiger partial charge on any atom is 0.125 e. The van der Waals surface area contributed by atoms with Gasteiger partial charge in [0, 0.05) is 15.3 Å². The fourth-order valence-corrected chi connectivity index (χ4v) is 4.36. The first-order valence-electron chi connectivity index (χ1n) is 4.75. The smallest absolute Gasteiger partial charge is 0.125 e. The van der Waals surface area contributed by atoms with Gasteiger partial charge in [0.1, 0.15) is 4.71 Å². The van der Waals surface area contributed by atoms with Gasteiger partial charge >= 0.3 is 0 Å². The van der Waals surface area contributed by atoms with Gasteiger partial charge in [0.05, 0.1) is 0 Å². The van der Waals surface area contributed by atoms with Crippen molar-refractivity contribution >= 4 is 29.2 Å². The summed E-state index contributed by atoms with van der Waals surface area (Å²) in [5, 5.41) is 3.52. The molecule has 0 spiro atoms. The van der Waals surface area contributed by atoms with Gasteiger partial charge in [-0.2, -0.15) is 0 Å². The standard InChI is InChI=1S/C11H15NS2/c1-11(2,3)14-10-12-8-6-4-5-7-9(8)13-10/h4-7,10,12H,1-3H3. The molecule has 1 aliphatic rings. The molecule has 0 fully saturated rings. The molecule has 1 heterocycles. The average molecular weight is 225 g/mol. The molecule has 0 radical (unpaired) electrons. The second kappa shape index (κ2) is 3.70. The summed E-state index contributed by atoms with van der Waals surface area (Å²) in [7, 11) is 0. The van der Waals surface area contributed by atoms with Crippen molar-refractivity contribution in [3.63, 3.8) is 0 Å². The molecule has 1 atom stereocenters. The molecule has 0 aromatic heterocycles. The Morgan fingerprint density at radius 1 is 1.29 bits per heavy atom. The third-order valence-electron chi connectivity index (χ3n) is 1.86. The molecule has 2 rings (SSSR count). The minimum atomic E-state index is 0.312. The van der Waals surface area contributed by atoms with Crippen LogP contribution in [0.2, 0.25) is 0 Å². The van der Waals surface area contributed by atoms with Crippen LogP contribution in [0, 0.1) is 0 Å². The summed E-state index contributed by atoms with van der Waals surface area (Å²) in [6.45, 7) is 6.76. The molecule has 3 heteroatoms. The van der Waals surface area contributed by atoms with E-state index in [0.717, 1.165) is 0 Å². The lowest BCUT2D eigenvalue weighted by Gasteiger charge is -2.22. The summed E-state index contributed by atoms with van der Waals surface area (Å²) < 4.78 is 0.777. The van der Waals surface area contributed by atoms with Crippen molar-refractivity contribution in [2.24, 2.45) is 0 Å². The van der Waals surface area contributed by atoms with Gasteiger partial charge in [-0.05, 0) is 12.1 Å². The first kappa shape index (κ1) is 10.2. The third kappa shape index (κ3) is 2.39. The number of benzene rings is 1. The van der Waals surface area contributed by atoms with Crippen LogP contribution in [0.5, 0.6) is 0 Å². The molecule has 0 bridgehead atoms. The second-order valence-electron chi connectivity index (χ2n) is 4.32. The van der Waals surface area contributed by atoms with E-state index in [1.807, 2.05) is 23.5 Å².